The van der Waals surface area contributed by atoms with Crippen molar-refractivity contribution in [2.45, 2.75) is 51.5 Å². The van der Waals surface area contributed by atoms with Crippen LogP contribution in [0.15, 0.2) is 30.3 Å². The molecule has 1 aliphatic rings. The van der Waals surface area contributed by atoms with Gasteiger partial charge in [-0.3, -0.25) is 5.32 Å². The standard InChI is InChI=1S/C22H25N5O4/c1-3-30-19(28)22(11-5-4-6-12-22)27-21(29)26-20-24-15(2)13-18(25-20)31-17-9-7-16(14-23)8-10-17/h7-10,13H,3-6,11-12H2,1-2H3,(H2,24,25,26,27,29). The number of ether oxygens (including phenoxy) is 2. The van der Waals surface area contributed by atoms with Crippen LogP contribution >= 0.6 is 0 Å². The number of hydrogen-bond acceptors (Lipinski definition) is 7. The highest BCUT2D eigenvalue weighted by molar-refractivity contribution is 5.93. The van der Waals surface area contributed by atoms with Gasteiger partial charge in [0.25, 0.3) is 0 Å². The second kappa shape index (κ2) is 9.89. The highest BCUT2D eigenvalue weighted by Gasteiger charge is 2.42. The van der Waals surface area contributed by atoms with E-state index in [1.807, 2.05) is 6.07 Å². The smallest absolute Gasteiger partial charge is 0.331 e. The average molecular weight is 423 g/mol. The number of nitrogens with one attached hydrogen (secondary N) is 2. The largest absolute Gasteiger partial charge is 0.464 e. The molecule has 0 radical (unpaired) electrons. The van der Waals surface area contributed by atoms with Gasteiger partial charge in [0.1, 0.15) is 11.3 Å². The maximum Gasteiger partial charge on any atom is 0.331 e. The summed E-state index contributed by atoms with van der Waals surface area (Å²) >= 11 is 0. The minimum atomic E-state index is -1.04. The molecule has 9 heteroatoms. The normalized spacial score (nSPS) is 14.7. The van der Waals surface area contributed by atoms with Crippen LogP contribution in [0.2, 0.25) is 0 Å². The summed E-state index contributed by atoms with van der Waals surface area (Å²) in [6.45, 7) is 3.74. The fourth-order valence-corrected chi connectivity index (χ4v) is 3.52. The van der Waals surface area contributed by atoms with E-state index in [9.17, 15) is 9.59 Å². The van der Waals surface area contributed by atoms with Crippen molar-refractivity contribution in [2.75, 3.05) is 11.9 Å². The summed E-state index contributed by atoms with van der Waals surface area (Å²) in [4.78, 5) is 33.6. The molecule has 1 aromatic heterocycles. The molecule has 31 heavy (non-hydrogen) atoms. The number of aromatic nitrogens is 2. The third-order valence-corrected chi connectivity index (χ3v) is 4.99. The van der Waals surface area contributed by atoms with Gasteiger partial charge in [0, 0.05) is 11.8 Å². The summed E-state index contributed by atoms with van der Waals surface area (Å²) in [5.74, 6) is 0.372. The summed E-state index contributed by atoms with van der Waals surface area (Å²) < 4.78 is 10.9. The lowest BCUT2D eigenvalue weighted by atomic mass is 9.81. The Hall–Kier alpha value is -3.67. The van der Waals surface area contributed by atoms with Gasteiger partial charge in [0.15, 0.2) is 0 Å². The average Bonchev–Trinajstić information content (AvgIpc) is 2.74. The number of anilines is 1. The molecule has 2 amide bonds. The van der Waals surface area contributed by atoms with Crippen LogP contribution in [0.5, 0.6) is 11.6 Å². The molecule has 2 N–H and O–H groups in total. The number of aryl methyl sites for hydroxylation is 1. The summed E-state index contributed by atoms with van der Waals surface area (Å²) in [5.41, 5.74) is 0.0690. The van der Waals surface area contributed by atoms with E-state index in [0.717, 1.165) is 19.3 Å². The molecule has 1 heterocycles. The van der Waals surface area contributed by atoms with E-state index in [4.69, 9.17) is 14.7 Å². The first-order chi connectivity index (χ1) is 14.9. The second-order valence-electron chi connectivity index (χ2n) is 7.35. The molecule has 0 spiro atoms. The molecule has 0 unspecified atom stereocenters. The van der Waals surface area contributed by atoms with Gasteiger partial charge in [0.2, 0.25) is 11.8 Å². The fourth-order valence-electron chi connectivity index (χ4n) is 3.52. The number of amides is 2. The van der Waals surface area contributed by atoms with Gasteiger partial charge in [-0.2, -0.15) is 10.2 Å². The number of esters is 1. The van der Waals surface area contributed by atoms with E-state index in [0.29, 0.717) is 29.8 Å². The van der Waals surface area contributed by atoms with Crippen LogP contribution < -0.4 is 15.4 Å². The monoisotopic (exact) mass is 423 g/mol. The van der Waals surface area contributed by atoms with E-state index in [1.54, 1.807) is 44.2 Å². The highest BCUT2D eigenvalue weighted by Crippen LogP contribution is 2.30. The lowest BCUT2D eigenvalue weighted by Gasteiger charge is -2.35. The highest BCUT2D eigenvalue weighted by atomic mass is 16.5. The lowest BCUT2D eigenvalue weighted by molar-refractivity contribution is -0.152. The SMILES string of the molecule is CCOC(=O)C1(NC(=O)Nc2nc(C)cc(Oc3ccc(C#N)cc3)n2)CCCCC1. The quantitative estimate of drug-likeness (QED) is 0.676. The number of nitriles is 1. The molecule has 1 saturated carbocycles. The van der Waals surface area contributed by atoms with E-state index in [1.165, 1.54) is 0 Å². The van der Waals surface area contributed by atoms with Crippen LogP contribution in [0.25, 0.3) is 0 Å². The molecule has 9 nitrogen and oxygen atoms in total. The Morgan fingerprint density at radius 1 is 1.16 bits per heavy atom. The van der Waals surface area contributed by atoms with Gasteiger partial charge in [-0.05, 0) is 51.0 Å². The molecule has 162 valence electrons. The second-order valence-corrected chi connectivity index (χ2v) is 7.35. The van der Waals surface area contributed by atoms with Gasteiger partial charge >= 0.3 is 12.0 Å². The Morgan fingerprint density at radius 2 is 1.87 bits per heavy atom. The number of benzene rings is 1. The molecule has 0 saturated heterocycles. The van der Waals surface area contributed by atoms with Crippen LogP contribution in [0, 0.1) is 18.3 Å². The first-order valence-electron chi connectivity index (χ1n) is 10.2. The zero-order chi connectivity index (χ0) is 22.3. The van der Waals surface area contributed by atoms with Crippen molar-refractivity contribution < 1.29 is 19.1 Å². The number of urea groups is 1. The van der Waals surface area contributed by atoms with Crippen molar-refractivity contribution in [1.29, 1.82) is 5.26 Å². The minimum Gasteiger partial charge on any atom is -0.464 e. The molecular weight excluding hydrogens is 398 g/mol. The van der Waals surface area contributed by atoms with Crippen LogP contribution in [-0.2, 0) is 9.53 Å². The summed E-state index contributed by atoms with van der Waals surface area (Å²) in [6.07, 6.45) is 3.74. The van der Waals surface area contributed by atoms with Crippen molar-refractivity contribution in [1.82, 2.24) is 15.3 Å². The van der Waals surface area contributed by atoms with Gasteiger partial charge in [-0.25, -0.2) is 14.6 Å². The molecule has 2 aromatic rings. The van der Waals surface area contributed by atoms with Crippen LogP contribution in [0.3, 0.4) is 0 Å². The van der Waals surface area contributed by atoms with Crippen LogP contribution in [0.4, 0.5) is 10.7 Å². The summed E-state index contributed by atoms with van der Waals surface area (Å²) in [6, 6.07) is 9.67. The Bertz CT molecular complexity index is 978. The Balaban J connectivity index is 1.71. The topological polar surface area (TPSA) is 126 Å². The van der Waals surface area contributed by atoms with Crippen molar-refractivity contribution in [3.8, 4) is 17.7 Å². The van der Waals surface area contributed by atoms with E-state index in [-0.39, 0.29) is 18.4 Å². The lowest BCUT2D eigenvalue weighted by Crippen LogP contribution is -2.57. The Labute approximate surface area is 180 Å². The van der Waals surface area contributed by atoms with Gasteiger partial charge in [-0.1, -0.05) is 19.3 Å². The molecule has 3 rings (SSSR count). The molecule has 0 bridgehead atoms. The van der Waals surface area contributed by atoms with Crippen molar-refractivity contribution in [3.63, 3.8) is 0 Å². The number of nitrogens with zero attached hydrogens (tertiary/aromatic N) is 3. The predicted octanol–water partition coefficient (Wildman–Crippen LogP) is 3.84. The minimum absolute atomic E-state index is 0.0518. The van der Waals surface area contributed by atoms with Gasteiger partial charge < -0.3 is 14.8 Å². The first-order valence-corrected chi connectivity index (χ1v) is 10.2. The zero-order valence-electron chi connectivity index (χ0n) is 17.6. The van der Waals surface area contributed by atoms with E-state index >= 15 is 0 Å². The Kier molecular flexibility index (Phi) is 7.03. The number of hydrogen-bond donors (Lipinski definition) is 2. The number of rotatable bonds is 6. The maximum atomic E-state index is 12.7. The molecule has 1 aliphatic carbocycles. The first kappa shape index (κ1) is 22.0. The molecule has 1 aromatic carbocycles. The van der Waals surface area contributed by atoms with Gasteiger partial charge in [0.05, 0.1) is 18.2 Å². The third-order valence-electron chi connectivity index (χ3n) is 4.99. The predicted molar refractivity (Wildman–Crippen MR) is 113 cm³/mol. The molecule has 0 aliphatic heterocycles. The van der Waals surface area contributed by atoms with Crippen LogP contribution in [0.1, 0.15) is 50.3 Å². The fraction of sp³-hybridized carbons (Fsp3) is 0.409. The summed E-state index contributed by atoms with van der Waals surface area (Å²) in [5, 5.41) is 14.3. The number of carbonyl (C=O) groups is 2. The van der Waals surface area contributed by atoms with Crippen LogP contribution in [-0.4, -0.2) is 34.1 Å². The van der Waals surface area contributed by atoms with E-state index in [2.05, 4.69) is 20.6 Å². The summed E-state index contributed by atoms with van der Waals surface area (Å²) in [7, 11) is 0. The van der Waals surface area contributed by atoms with Gasteiger partial charge in [-0.15, -0.1) is 0 Å². The third kappa shape index (κ3) is 5.69. The number of carbonyl (C=O) groups excluding carboxylic acids is 2. The maximum absolute atomic E-state index is 12.7. The van der Waals surface area contributed by atoms with Crippen molar-refractivity contribution in [3.05, 3.63) is 41.6 Å². The molecule has 1 fully saturated rings. The molecular formula is C22H25N5O4. The van der Waals surface area contributed by atoms with Crippen molar-refractivity contribution >= 4 is 17.9 Å². The van der Waals surface area contributed by atoms with E-state index < -0.39 is 17.5 Å². The Morgan fingerprint density at radius 3 is 2.52 bits per heavy atom. The molecule has 0 atom stereocenters. The zero-order valence-corrected chi connectivity index (χ0v) is 17.6. The van der Waals surface area contributed by atoms with Crippen molar-refractivity contribution in [2.24, 2.45) is 0 Å².